The van der Waals surface area contributed by atoms with Crippen LogP contribution >= 0.6 is 0 Å². The second-order valence-electron chi connectivity index (χ2n) is 4.57. The lowest BCUT2D eigenvalue weighted by atomic mass is 9.85. The first-order chi connectivity index (χ1) is 5.02. The van der Waals surface area contributed by atoms with Crippen LogP contribution in [0.15, 0.2) is 0 Å². The lowest BCUT2D eigenvalue weighted by Crippen LogP contribution is -2.54. The maximum atomic E-state index is 3.43. The van der Waals surface area contributed by atoms with E-state index in [9.17, 15) is 0 Å². The van der Waals surface area contributed by atoms with E-state index in [-0.39, 0.29) is 0 Å². The maximum absolute atomic E-state index is 3.43. The first-order valence-electron chi connectivity index (χ1n) is 4.43. The third kappa shape index (κ3) is 2.17. The van der Waals surface area contributed by atoms with E-state index in [1.807, 2.05) is 0 Å². The molecule has 0 unspecified atom stereocenters. The summed E-state index contributed by atoms with van der Waals surface area (Å²) in [5, 5.41) is 3.43. The predicted octanol–water partition coefficient (Wildman–Crippen LogP) is 0.936. The molecule has 66 valence electrons. The Morgan fingerprint density at radius 2 is 2.00 bits per heavy atom. The average molecular weight is 156 g/mol. The first kappa shape index (κ1) is 9.01. The van der Waals surface area contributed by atoms with Gasteiger partial charge in [-0.2, -0.15) is 0 Å². The Labute approximate surface area is 70.0 Å². The van der Waals surface area contributed by atoms with Crippen molar-refractivity contribution in [3.63, 3.8) is 0 Å². The van der Waals surface area contributed by atoms with Crippen LogP contribution in [-0.4, -0.2) is 37.6 Å². The minimum atomic E-state index is 0.405. The molecule has 0 aromatic rings. The van der Waals surface area contributed by atoms with E-state index in [2.05, 4.69) is 38.0 Å². The van der Waals surface area contributed by atoms with Gasteiger partial charge in [0.15, 0.2) is 0 Å². The van der Waals surface area contributed by atoms with Crippen molar-refractivity contribution in [1.29, 1.82) is 0 Å². The highest BCUT2D eigenvalue weighted by Crippen LogP contribution is 2.23. The van der Waals surface area contributed by atoms with Gasteiger partial charge in [0, 0.05) is 25.7 Å². The van der Waals surface area contributed by atoms with Gasteiger partial charge in [-0.1, -0.05) is 20.8 Å². The van der Waals surface area contributed by atoms with Gasteiger partial charge in [0.2, 0.25) is 0 Å². The van der Waals surface area contributed by atoms with Crippen molar-refractivity contribution in [2.45, 2.75) is 26.8 Å². The van der Waals surface area contributed by atoms with E-state index in [0.717, 1.165) is 13.1 Å². The summed E-state index contributed by atoms with van der Waals surface area (Å²) < 4.78 is 0. The summed E-state index contributed by atoms with van der Waals surface area (Å²) in [5.41, 5.74) is 0.405. The van der Waals surface area contributed by atoms with Crippen molar-refractivity contribution in [2.24, 2.45) is 5.41 Å². The van der Waals surface area contributed by atoms with Gasteiger partial charge in [0.25, 0.3) is 0 Å². The molecule has 1 fully saturated rings. The third-order valence-electron chi connectivity index (χ3n) is 2.51. The second kappa shape index (κ2) is 3.11. The molecule has 0 bridgehead atoms. The SMILES string of the molecule is CN1CCNC[C@@H]1C(C)(C)C. The summed E-state index contributed by atoms with van der Waals surface area (Å²) >= 11 is 0. The zero-order valence-corrected chi connectivity index (χ0v) is 8.15. The number of rotatable bonds is 0. The molecule has 1 N–H and O–H groups in total. The maximum Gasteiger partial charge on any atom is 0.0266 e. The fourth-order valence-corrected chi connectivity index (χ4v) is 1.77. The van der Waals surface area contributed by atoms with E-state index >= 15 is 0 Å². The molecule has 1 heterocycles. The fourth-order valence-electron chi connectivity index (χ4n) is 1.77. The van der Waals surface area contributed by atoms with E-state index in [0.29, 0.717) is 11.5 Å². The van der Waals surface area contributed by atoms with Crippen LogP contribution in [0, 0.1) is 5.41 Å². The number of piperazine rings is 1. The number of nitrogens with zero attached hydrogens (tertiary/aromatic N) is 1. The van der Waals surface area contributed by atoms with E-state index in [1.165, 1.54) is 6.54 Å². The molecule has 0 amide bonds. The summed E-state index contributed by atoms with van der Waals surface area (Å²) in [6.07, 6.45) is 0. The molecule has 2 nitrogen and oxygen atoms in total. The van der Waals surface area contributed by atoms with Crippen LogP contribution in [0.1, 0.15) is 20.8 Å². The molecule has 1 aliphatic heterocycles. The third-order valence-corrected chi connectivity index (χ3v) is 2.51. The monoisotopic (exact) mass is 156 g/mol. The highest BCUT2D eigenvalue weighted by atomic mass is 15.2. The highest BCUT2D eigenvalue weighted by molar-refractivity contribution is 4.86. The second-order valence-corrected chi connectivity index (χ2v) is 4.57. The van der Waals surface area contributed by atoms with Gasteiger partial charge < -0.3 is 10.2 Å². The lowest BCUT2D eigenvalue weighted by molar-refractivity contribution is 0.101. The van der Waals surface area contributed by atoms with Gasteiger partial charge in [-0.15, -0.1) is 0 Å². The molecule has 11 heavy (non-hydrogen) atoms. The molecule has 0 aromatic carbocycles. The van der Waals surface area contributed by atoms with Gasteiger partial charge in [-0.3, -0.25) is 0 Å². The summed E-state index contributed by atoms with van der Waals surface area (Å²) in [7, 11) is 2.22. The number of nitrogens with one attached hydrogen (secondary N) is 1. The Kier molecular flexibility index (Phi) is 2.55. The van der Waals surface area contributed by atoms with Crippen molar-refractivity contribution >= 4 is 0 Å². The molecule has 1 rings (SSSR count). The van der Waals surface area contributed by atoms with Crippen molar-refractivity contribution in [3.05, 3.63) is 0 Å². The first-order valence-corrected chi connectivity index (χ1v) is 4.43. The zero-order chi connectivity index (χ0) is 8.48. The Bertz CT molecular complexity index is 126. The van der Waals surface area contributed by atoms with Gasteiger partial charge in [-0.25, -0.2) is 0 Å². The molecule has 0 radical (unpaired) electrons. The molecule has 2 heteroatoms. The van der Waals surface area contributed by atoms with Crippen LogP contribution in [0.3, 0.4) is 0 Å². The Morgan fingerprint density at radius 1 is 1.36 bits per heavy atom. The summed E-state index contributed by atoms with van der Waals surface area (Å²) in [6.45, 7) is 10.4. The molecular formula is C9H20N2. The molecule has 0 aliphatic carbocycles. The Hall–Kier alpha value is -0.0800. The number of hydrogen-bond acceptors (Lipinski definition) is 2. The average Bonchev–Trinajstić information content (AvgIpc) is 1.86. The molecular weight excluding hydrogens is 136 g/mol. The van der Waals surface area contributed by atoms with Crippen LogP contribution in [0.25, 0.3) is 0 Å². The van der Waals surface area contributed by atoms with Crippen LogP contribution in [0.2, 0.25) is 0 Å². The van der Waals surface area contributed by atoms with E-state index in [4.69, 9.17) is 0 Å². The fraction of sp³-hybridized carbons (Fsp3) is 1.00. The van der Waals surface area contributed by atoms with Crippen LogP contribution in [0.4, 0.5) is 0 Å². The van der Waals surface area contributed by atoms with E-state index < -0.39 is 0 Å². The molecule has 0 saturated carbocycles. The summed E-state index contributed by atoms with van der Waals surface area (Å²) in [4.78, 5) is 2.45. The summed E-state index contributed by atoms with van der Waals surface area (Å²) in [6, 6.07) is 0.691. The van der Waals surface area contributed by atoms with E-state index in [1.54, 1.807) is 0 Å². The van der Waals surface area contributed by atoms with Crippen molar-refractivity contribution in [1.82, 2.24) is 10.2 Å². The van der Waals surface area contributed by atoms with Crippen LogP contribution in [-0.2, 0) is 0 Å². The lowest BCUT2D eigenvalue weighted by Gasteiger charge is -2.41. The van der Waals surface area contributed by atoms with Crippen molar-refractivity contribution < 1.29 is 0 Å². The molecule has 1 aliphatic rings. The minimum Gasteiger partial charge on any atom is -0.314 e. The highest BCUT2D eigenvalue weighted by Gasteiger charge is 2.29. The number of hydrogen-bond donors (Lipinski definition) is 1. The van der Waals surface area contributed by atoms with Gasteiger partial charge in [0.1, 0.15) is 0 Å². The van der Waals surface area contributed by atoms with Gasteiger partial charge in [0.05, 0.1) is 0 Å². The minimum absolute atomic E-state index is 0.405. The zero-order valence-electron chi connectivity index (χ0n) is 8.15. The van der Waals surface area contributed by atoms with Gasteiger partial charge in [-0.05, 0) is 12.5 Å². The standard InChI is InChI=1S/C9H20N2/c1-9(2,3)8-7-10-5-6-11(8)4/h8,10H,5-7H2,1-4H3/t8-/m1/s1. The Morgan fingerprint density at radius 3 is 2.36 bits per heavy atom. The normalized spacial score (nSPS) is 28.9. The van der Waals surface area contributed by atoms with Crippen LogP contribution < -0.4 is 5.32 Å². The topological polar surface area (TPSA) is 15.3 Å². The largest absolute Gasteiger partial charge is 0.314 e. The molecule has 1 atom stereocenters. The van der Waals surface area contributed by atoms with Crippen molar-refractivity contribution in [2.75, 3.05) is 26.7 Å². The smallest absolute Gasteiger partial charge is 0.0266 e. The quantitative estimate of drug-likeness (QED) is 0.561. The number of likely N-dealkylation sites (N-methyl/N-ethyl adjacent to an activating group) is 1. The van der Waals surface area contributed by atoms with Crippen molar-refractivity contribution in [3.8, 4) is 0 Å². The van der Waals surface area contributed by atoms with Crippen LogP contribution in [0.5, 0.6) is 0 Å². The summed E-state index contributed by atoms with van der Waals surface area (Å²) in [5.74, 6) is 0. The Balaban J connectivity index is 2.55. The van der Waals surface area contributed by atoms with Gasteiger partial charge >= 0.3 is 0 Å². The molecule has 0 spiro atoms. The predicted molar refractivity (Wildman–Crippen MR) is 48.7 cm³/mol. The molecule has 0 aromatic heterocycles. The molecule has 1 saturated heterocycles.